The Kier molecular flexibility index (Phi) is 14.4. The molecule has 2 fully saturated rings. The molecule has 3 amide bonds. The number of ether oxygens (including phenoxy) is 1. The van der Waals surface area contributed by atoms with Gasteiger partial charge in [0.15, 0.2) is 0 Å². The lowest BCUT2D eigenvalue weighted by Crippen LogP contribution is -2.50. The van der Waals surface area contributed by atoms with Crippen molar-refractivity contribution in [2.24, 2.45) is 21.1 Å². The van der Waals surface area contributed by atoms with Gasteiger partial charge in [0.05, 0.1) is 23.7 Å². The number of amidine groups is 1. The Hall–Kier alpha value is -4.41. The lowest BCUT2D eigenvalue weighted by atomic mass is 9.62. The Labute approximate surface area is 337 Å². The van der Waals surface area contributed by atoms with Crippen molar-refractivity contribution in [2.45, 2.75) is 116 Å². The molecule has 302 valence electrons. The normalized spacial score (nSPS) is 22.6. The Morgan fingerprint density at radius 1 is 1.04 bits per heavy atom. The van der Waals surface area contributed by atoms with E-state index < -0.39 is 63.9 Å². The van der Waals surface area contributed by atoms with Gasteiger partial charge >= 0.3 is 5.97 Å². The van der Waals surface area contributed by atoms with E-state index in [2.05, 4.69) is 16.1 Å². The molecule has 0 aromatic heterocycles. The van der Waals surface area contributed by atoms with Crippen molar-refractivity contribution in [3.8, 4) is 6.07 Å². The number of nitrogens with zero attached hydrogens (tertiary/aromatic N) is 5. The zero-order chi connectivity index (χ0) is 41.6. The monoisotopic (exact) mass is 814 g/mol. The first kappa shape index (κ1) is 44.3. The summed E-state index contributed by atoms with van der Waals surface area (Å²) in [6.07, 6.45) is 2.62. The first-order chi connectivity index (χ1) is 26.4. The molecule has 4 atom stereocenters. The number of amides is 3. The number of likely N-dealkylation sites (tertiary alicyclic amines) is 2. The van der Waals surface area contributed by atoms with Gasteiger partial charge in [-0.1, -0.05) is 82.9 Å². The van der Waals surface area contributed by atoms with Gasteiger partial charge in [-0.2, -0.15) is 10.3 Å². The number of hydrogen-bond donors (Lipinski definition) is 1. The van der Waals surface area contributed by atoms with Crippen molar-refractivity contribution < 1.29 is 32.7 Å². The second kappa shape index (κ2) is 18.2. The molecule has 56 heavy (non-hydrogen) atoms. The maximum absolute atomic E-state index is 16.3. The van der Waals surface area contributed by atoms with E-state index in [1.807, 2.05) is 20.8 Å². The summed E-state index contributed by atoms with van der Waals surface area (Å²) in [6, 6.07) is 7.41. The minimum Gasteiger partial charge on any atom is -0.457 e. The molecule has 0 saturated carbocycles. The second-order valence-electron chi connectivity index (χ2n) is 15.5. The standard InChI is InChI=1S/C41H50Cl2F2N6O5/c1-7-32(52)50-19-16-40(17-20-50,56-34(54)9-3)24-48-18-15-31(47)49-38(55)37-35(26-11-10-12-28(43)36(26)45)41(23-46,27-14-13-25(42)21-29(27)44)30(22-39(4,5)6)51(37)33(53)8-2/h10-14,18,21,30,35,37H,7-9,15-17,19-20,22,24H2,1-6H3,(H2,47,49,55). The van der Waals surface area contributed by atoms with Crippen molar-refractivity contribution in [2.75, 3.05) is 19.6 Å². The molecule has 2 aromatic rings. The predicted molar refractivity (Wildman–Crippen MR) is 211 cm³/mol. The quantitative estimate of drug-likeness (QED) is 0.134. The molecule has 2 heterocycles. The largest absolute Gasteiger partial charge is 0.457 e. The number of nitriles is 1. The molecule has 0 bridgehead atoms. The number of hydrogen-bond acceptors (Lipinski definition) is 7. The van der Waals surface area contributed by atoms with Gasteiger partial charge in [0.1, 0.15) is 34.5 Å². The minimum absolute atomic E-state index is 0.00872. The molecule has 4 rings (SSSR count). The van der Waals surface area contributed by atoms with Crippen molar-refractivity contribution in [1.82, 2.24) is 9.80 Å². The molecule has 2 N–H and O–H groups in total. The Balaban J connectivity index is 1.80. The molecular formula is C41H50Cl2F2N6O5. The number of esters is 1. The Morgan fingerprint density at radius 3 is 2.27 bits per heavy atom. The molecule has 2 aliphatic heterocycles. The predicted octanol–water partition coefficient (Wildman–Crippen LogP) is 7.31. The number of piperidine rings is 1. The summed E-state index contributed by atoms with van der Waals surface area (Å²) in [5.74, 6) is -5.37. The first-order valence-corrected chi connectivity index (χ1v) is 19.6. The third-order valence-electron chi connectivity index (χ3n) is 10.5. The van der Waals surface area contributed by atoms with Crippen molar-refractivity contribution in [1.29, 1.82) is 5.26 Å². The van der Waals surface area contributed by atoms with Crippen LogP contribution in [0.3, 0.4) is 0 Å². The van der Waals surface area contributed by atoms with E-state index in [0.29, 0.717) is 32.4 Å². The van der Waals surface area contributed by atoms with Crippen LogP contribution in [0.1, 0.15) is 104 Å². The van der Waals surface area contributed by atoms with E-state index in [1.54, 1.807) is 25.7 Å². The summed E-state index contributed by atoms with van der Waals surface area (Å²) < 4.78 is 38.3. The molecular weight excluding hydrogens is 765 g/mol. The summed E-state index contributed by atoms with van der Waals surface area (Å²) in [5.41, 5.74) is 2.42. The lowest BCUT2D eigenvalue weighted by molar-refractivity contribution is -0.164. The average molecular weight is 816 g/mol. The van der Waals surface area contributed by atoms with Crippen LogP contribution in [0.5, 0.6) is 0 Å². The second-order valence-corrected chi connectivity index (χ2v) is 16.4. The minimum atomic E-state index is -2.04. The van der Waals surface area contributed by atoms with E-state index in [9.17, 15) is 24.4 Å². The van der Waals surface area contributed by atoms with Crippen LogP contribution < -0.4 is 5.73 Å². The van der Waals surface area contributed by atoms with E-state index in [4.69, 9.17) is 33.7 Å². The van der Waals surface area contributed by atoms with E-state index >= 15 is 8.78 Å². The zero-order valence-corrected chi connectivity index (χ0v) is 34.2. The van der Waals surface area contributed by atoms with Crippen molar-refractivity contribution in [3.05, 3.63) is 69.2 Å². The highest BCUT2D eigenvalue weighted by Gasteiger charge is 2.66. The summed E-state index contributed by atoms with van der Waals surface area (Å²) in [7, 11) is 0. The fourth-order valence-corrected chi connectivity index (χ4v) is 8.17. The number of aliphatic imine (C=N–C) groups is 2. The van der Waals surface area contributed by atoms with E-state index in [1.165, 1.54) is 41.4 Å². The first-order valence-electron chi connectivity index (χ1n) is 18.8. The third kappa shape index (κ3) is 9.40. The Morgan fingerprint density at radius 2 is 1.70 bits per heavy atom. The Bertz CT molecular complexity index is 1920. The topological polar surface area (TPSA) is 159 Å². The molecule has 0 spiro atoms. The zero-order valence-electron chi connectivity index (χ0n) is 32.7. The van der Waals surface area contributed by atoms with Crippen LogP contribution in [0.2, 0.25) is 10.0 Å². The van der Waals surface area contributed by atoms with E-state index in [0.717, 1.165) is 6.07 Å². The molecule has 2 aromatic carbocycles. The molecule has 2 saturated heterocycles. The number of carbonyl (C=O) groups is 4. The number of rotatable bonds is 12. The van der Waals surface area contributed by atoms with Gasteiger partial charge in [0.25, 0.3) is 5.91 Å². The highest BCUT2D eigenvalue weighted by Crippen LogP contribution is 2.57. The average Bonchev–Trinajstić information content (AvgIpc) is 3.43. The third-order valence-corrected chi connectivity index (χ3v) is 11.0. The van der Waals surface area contributed by atoms with Crippen LogP contribution >= 0.6 is 23.2 Å². The van der Waals surface area contributed by atoms with Crippen LogP contribution in [-0.4, -0.2) is 82.9 Å². The smallest absolute Gasteiger partial charge is 0.306 e. The van der Waals surface area contributed by atoms with E-state index in [-0.39, 0.29) is 65.1 Å². The molecule has 0 radical (unpaired) electrons. The summed E-state index contributed by atoms with van der Waals surface area (Å²) >= 11 is 12.4. The molecule has 11 nitrogen and oxygen atoms in total. The van der Waals surface area contributed by atoms with Gasteiger partial charge in [0.2, 0.25) is 11.8 Å². The summed E-state index contributed by atoms with van der Waals surface area (Å²) in [6.45, 7) is 11.6. The fraction of sp³-hybridized carbons (Fsp3) is 0.537. The molecule has 2 aliphatic rings. The fourth-order valence-electron chi connectivity index (χ4n) is 7.83. The number of nitrogens with two attached hydrogens (primary N) is 1. The highest BCUT2D eigenvalue weighted by molar-refractivity contribution is 6.31. The summed E-state index contributed by atoms with van der Waals surface area (Å²) in [4.78, 5) is 64.9. The SMILES string of the molecule is CCC(=O)OC1(CN=CCC(N)=NC(=O)C2C(c3cccc(Cl)c3F)C(C#N)(c3ccc(Cl)cc3F)C(CC(C)(C)C)N2C(=O)CC)CCN(C(=O)CC)CC1. The maximum Gasteiger partial charge on any atom is 0.306 e. The summed E-state index contributed by atoms with van der Waals surface area (Å²) in [5, 5.41) is 11.0. The van der Waals surface area contributed by atoms with Gasteiger partial charge < -0.3 is 20.3 Å². The van der Waals surface area contributed by atoms with Gasteiger partial charge in [-0.05, 0) is 35.6 Å². The number of halogens is 4. The maximum atomic E-state index is 16.3. The molecule has 0 aliphatic carbocycles. The number of carbonyl (C=O) groups excluding carboxylic acids is 4. The van der Waals surface area contributed by atoms with Gasteiger partial charge in [-0.3, -0.25) is 24.2 Å². The van der Waals surface area contributed by atoms with Crippen LogP contribution in [-0.2, 0) is 29.3 Å². The molecule has 15 heteroatoms. The highest BCUT2D eigenvalue weighted by atomic mass is 35.5. The van der Waals surface area contributed by atoms with Crippen LogP contribution in [0, 0.1) is 28.4 Å². The van der Waals surface area contributed by atoms with Gasteiger partial charge in [-0.25, -0.2) is 8.78 Å². The van der Waals surface area contributed by atoms with Crippen molar-refractivity contribution >= 4 is 58.9 Å². The molecule has 4 unspecified atom stereocenters. The van der Waals surface area contributed by atoms with Gasteiger partial charge in [-0.15, -0.1) is 0 Å². The van der Waals surface area contributed by atoms with Crippen LogP contribution in [0.25, 0.3) is 0 Å². The van der Waals surface area contributed by atoms with Crippen LogP contribution in [0.4, 0.5) is 8.78 Å². The van der Waals surface area contributed by atoms with Crippen LogP contribution in [0.15, 0.2) is 46.4 Å². The van der Waals surface area contributed by atoms with Crippen molar-refractivity contribution in [3.63, 3.8) is 0 Å². The van der Waals surface area contributed by atoms with Gasteiger partial charge in [0, 0.05) is 74.3 Å². The number of benzene rings is 2. The lowest BCUT2D eigenvalue weighted by Gasteiger charge is -2.40.